The third-order valence-electron chi connectivity index (χ3n) is 2.30. The SMILES string of the molecule is CC1CCNCC1NC(=O)CBr. The van der Waals surface area contributed by atoms with Crippen LogP contribution in [0, 0.1) is 5.92 Å². The first-order chi connectivity index (χ1) is 5.74. The minimum Gasteiger partial charge on any atom is -0.351 e. The molecule has 1 rings (SSSR count). The minimum atomic E-state index is 0.0792. The third-order valence-corrected chi connectivity index (χ3v) is 2.80. The summed E-state index contributed by atoms with van der Waals surface area (Å²) in [5, 5.41) is 6.63. The number of nitrogens with one attached hydrogen (secondary N) is 2. The molecule has 1 amide bonds. The van der Waals surface area contributed by atoms with Gasteiger partial charge < -0.3 is 10.6 Å². The Morgan fingerprint density at radius 3 is 3.08 bits per heavy atom. The van der Waals surface area contributed by atoms with Crippen molar-refractivity contribution in [3.8, 4) is 0 Å². The molecule has 0 aromatic heterocycles. The molecular weight excluding hydrogens is 220 g/mol. The Morgan fingerprint density at radius 1 is 1.75 bits per heavy atom. The summed E-state index contributed by atoms with van der Waals surface area (Å²) in [5.41, 5.74) is 0. The Hall–Kier alpha value is -0.0900. The van der Waals surface area contributed by atoms with Crippen LogP contribution in [0.15, 0.2) is 0 Å². The fraction of sp³-hybridized carbons (Fsp3) is 0.875. The van der Waals surface area contributed by atoms with Gasteiger partial charge in [0.1, 0.15) is 0 Å². The fourth-order valence-electron chi connectivity index (χ4n) is 1.43. The van der Waals surface area contributed by atoms with Crippen LogP contribution in [0.2, 0.25) is 0 Å². The number of hydrogen-bond acceptors (Lipinski definition) is 2. The monoisotopic (exact) mass is 234 g/mol. The molecule has 1 aliphatic heterocycles. The van der Waals surface area contributed by atoms with E-state index >= 15 is 0 Å². The van der Waals surface area contributed by atoms with Crippen molar-refractivity contribution < 1.29 is 4.79 Å². The van der Waals surface area contributed by atoms with E-state index in [-0.39, 0.29) is 5.91 Å². The van der Waals surface area contributed by atoms with Crippen molar-refractivity contribution in [2.24, 2.45) is 5.92 Å². The van der Waals surface area contributed by atoms with E-state index in [0.29, 0.717) is 17.3 Å². The van der Waals surface area contributed by atoms with Crippen molar-refractivity contribution in [2.75, 3.05) is 18.4 Å². The molecule has 0 radical (unpaired) electrons. The van der Waals surface area contributed by atoms with Gasteiger partial charge in [-0.3, -0.25) is 4.79 Å². The van der Waals surface area contributed by atoms with Gasteiger partial charge in [-0.2, -0.15) is 0 Å². The highest BCUT2D eigenvalue weighted by molar-refractivity contribution is 9.09. The van der Waals surface area contributed by atoms with Crippen LogP contribution in [0.25, 0.3) is 0 Å². The Morgan fingerprint density at radius 2 is 2.50 bits per heavy atom. The van der Waals surface area contributed by atoms with Crippen molar-refractivity contribution in [2.45, 2.75) is 19.4 Å². The van der Waals surface area contributed by atoms with Gasteiger partial charge in [-0.25, -0.2) is 0 Å². The number of carbonyl (C=O) groups is 1. The quantitative estimate of drug-likeness (QED) is 0.684. The normalized spacial score (nSPS) is 29.8. The second kappa shape index (κ2) is 4.82. The van der Waals surface area contributed by atoms with E-state index in [4.69, 9.17) is 0 Å². The summed E-state index contributed by atoms with van der Waals surface area (Å²) in [5.74, 6) is 0.671. The Kier molecular flexibility index (Phi) is 4.01. The molecule has 70 valence electrons. The van der Waals surface area contributed by atoms with E-state index < -0.39 is 0 Å². The van der Waals surface area contributed by atoms with E-state index in [0.717, 1.165) is 19.5 Å². The Bertz CT molecular complexity index is 163. The first-order valence-corrected chi connectivity index (χ1v) is 5.42. The zero-order valence-corrected chi connectivity index (χ0v) is 8.86. The fourth-order valence-corrected chi connectivity index (χ4v) is 1.59. The van der Waals surface area contributed by atoms with Gasteiger partial charge in [0.05, 0.1) is 5.33 Å². The Labute approximate surface area is 81.4 Å². The molecule has 0 saturated carbocycles. The summed E-state index contributed by atoms with van der Waals surface area (Å²) in [6.07, 6.45) is 1.15. The van der Waals surface area contributed by atoms with Crippen molar-refractivity contribution in [3.05, 3.63) is 0 Å². The van der Waals surface area contributed by atoms with Gasteiger partial charge in [0.15, 0.2) is 0 Å². The molecule has 12 heavy (non-hydrogen) atoms. The van der Waals surface area contributed by atoms with Crippen LogP contribution >= 0.6 is 15.9 Å². The number of carbonyl (C=O) groups excluding carboxylic acids is 1. The van der Waals surface area contributed by atoms with Crippen LogP contribution in [-0.2, 0) is 4.79 Å². The maximum Gasteiger partial charge on any atom is 0.230 e. The largest absolute Gasteiger partial charge is 0.351 e. The van der Waals surface area contributed by atoms with Gasteiger partial charge in [0.2, 0.25) is 5.91 Å². The molecule has 0 aromatic carbocycles. The number of piperidine rings is 1. The molecule has 2 unspecified atom stereocenters. The van der Waals surface area contributed by atoms with Crippen molar-refractivity contribution in [1.82, 2.24) is 10.6 Å². The molecule has 1 aliphatic rings. The van der Waals surface area contributed by atoms with Gasteiger partial charge in [0, 0.05) is 12.6 Å². The van der Waals surface area contributed by atoms with E-state index in [1.54, 1.807) is 0 Å². The number of rotatable bonds is 2. The summed E-state index contributed by atoms with van der Waals surface area (Å²) < 4.78 is 0. The molecule has 1 heterocycles. The maximum absolute atomic E-state index is 11.0. The predicted molar refractivity (Wildman–Crippen MR) is 52.4 cm³/mol. The highest BCUT2D eigenvalue weighted by atomic mass is 79.9. The third kappa shape index (κ3) is 2.75. The molecule has 0 aliphatic carbocycles. The van der Waals surface area contributed by atoms with Crippen LogP contribution in [0.3, 0.4) is 0 Å². The minimum absolute atomic E-state index is 0.0792. The van der Waals surface area contributed by atoms with Gasteiger partial charge >= 0.3 is 0 Å². The van der Waals surface area contributed by atoms with Crippen molar-refractivity contribution >= 4 is 21.8 Å². The lowest BCUT2D eigenvalue weighted by molar-refractivity contribution is -0.119. The lowest BCUT2D eigenvalue weighted by atomic mass is 9.95. The number of hydrogen-bond donors (Lipinski definition) is 2. The molecule has 2 N–H and O–H groups in total. The van der Waals surface area contributed by atoms with Gasteiger partial charge in [-0.05, 0) is 18.9 Å². The molecular formula is C8H15BrN2O. The van der Waals surface area contributed by atoms with Crippen LogP contribution in [0.4, 0.5) is 0 Å². The predicted octanol–water partition coefficient (Wildman–Crippen LogP) is 0.496. The second-order valence-electron chi connectivity index (χ2n) is 3.28. The summed E-state index contributed by atoms with van der Waals surface area (Å²) in [4.78, 5) is 11.0. The molecule has 0 spiro atoms. The van der Waals surface area contributed by atoms with E-state index in [2.05, 4.69) is 33.5 Å². The van der Waals surface area contributed by atoms with Crippen LogP contribution in [0.5, 0.6) is 0 Å². The average molecular weight is 235 g/mol. The summed E-state index contributed by atoms with van der Waals surface area (Å²) in [6, 6.07) is 0.309. The van der Waals surface area contributed by atoms with Crippen LogP contribution < -0.4 is 10.6 Å². The standard InChI is InChI=1S/C8H15BrN2O/c1-6-2-3-10-5-7(6)11-8(12)4-9/h6-7,10H,2-5H2,1H3,(H,11,12). The molecule has 1 fully saturated rings. The van der Waals surface area contributed by atoms with Gasteiger partial charge in [-0.15, -0.1) is 0 Å². The smallest absolute Gasteiger partial charge is 0.230 e. The van der Waals surface area contributed by atoms with Crippen molar-refractivity contribution in [3.63, 3.8) is 0 Å². The van der Waals surface area contributed by atoms with Gasteiger partial charge in [0.25, 0.3) is 0 Å². The topological polar surface area (TPSA) is 41.1 Å². The summed E-state index contributed by atoms with van der Waals surface area (Å²) >= 11 is 3.13. The first kappa shape index (κ1) is 9.99. The zero-order valence-electron chi connectivity index (χ0n) is 7.27. The molecule has 0 aromatic rings. The number of amides is 1. The molecule has 4 heteroatoms. The lowest BCUT2D eigenvalue weighted by Crippen LogP contribution is -2.50. The average Bonchev–Trinajstić information content (AvgIpc) is 2.09. The van der Waals surface area contributed by atoms with Crippen molar-refractivity contribution in [1.29, 1.82) is 0 Å². The molecule has 2 atom stereocenters. The summed E-state index contributed by atoms with van der Waals surface area (Å²) in [6.45, 7) is 4.15. The van der Waals surface area contributed by atoms with Crippen LogP contribution in [0.1, 0.15) is 13.3 Å². The van der Waals surface area contributed by atoms with E-state index in [1.807, 2.05) is 0 Å². The molecule has 0 bridgehead atoms. The van der Waals surface area contributed by atoms with Crippen LogP contribution in [-0.4, -0.2) is 30.4 Å². The Balaban J connectivity index is 2.33. The summed E-state index contributed by atoms with van der Waals surface area (Å²) in [7, 11) is 0. The maximum atomic E-state index is 11.0. The van der Waals surface area contributed by atoms with E-state index in [1.165, 1.54) is 0 Å². The molecule has 3 nitrogen and oxygen atoms in total. The highest BCUT2D eigenvalue weighted by Gasteiger charge is 2.21. The van der Waals surface area contributed by atoms with E-state index in [9.17, 15) is 4.79 Å². The second-order valence-corrected chi connectivity index (χ2v) is 3.84. The van der Waals surface area contributed by atoms with Gasteiger partial charge in [-0.1, -0.05) is 22.9 Å². The first-order valence-electron chi connectivity index (χ1n) is 4.30. The molecule has 1 saturated heterocycles. The highest BCUT2D eigenvalue weighted by Crippen LogP contribution is 2.10. The lowest BCUT2D eigenvalue weighted by Gasteiger charge is -2.29. The number of halogens is 1. The number of alkyl halides is 1. The zero-order chi connectivity index (χ0) is 8.97.